The lowest BCUT2D eigenvalue weighted by molar-refractivity contribution is 0.396. The first-order valence-electron chi connectivity index (χ1n) is 7.02. The Labute approximate surface area is 125 Å². The van der Waals surface area contributed by atoms with Gasteiger partial charge in [0.25, 0.3) is 0 Å². The molecule has 1 heterocycles. The third-order valence-electron chi connectivity index (χ3n) is 3.87. The van der Waals surface area contributed by atoms with E-state index in [0.29, 0.717) is 17.7 Å². The number of nitrogens with one attached hydrogen (secondary N) is 1. The van der Waals surface area contributed by atoms with Crippen molar-refractivity contribution in [3.63, 3.8) is 0 Å². The van der Waals surface area contributed by atoms with Crippen molar-refractivity contribution in [2.45, 2.75) is 19.4 Å². The third-order valence-corrected chi connectivity index (χ3v) is 5.66. The fourth-order valence-corrected chi connectivity index (χ4v) is 4.71. The van der Waals surface area contributed by atoms with E-state index in [0.717, 1.165) is 12.1 Å². The van der Waals surface area contributed by atoms with E-state index in [2.05, 4.69) is 11.4 Å². The van der Waals surface area contributed by atoms with E-state index in [-0.39, 0.29) is 23.5 Å². The van der Waals surface area contributed by atoms with E-state index in [1.54, 1.807) is 12.1 Å². The van der Waals surface area contributed by atoms with Gasteiger partial charge in [-0.2, -0.15) is 5.26 Å². The number of benzene rings is 1. The van der Waals surface area contributed by atoms with E-state index in [1.807, 2.05) is 13.0 Å². The molecule has 1 aliphatic rings. The molecule has 1 fully saturated rings. The number of ether oxygens (including phenoxy) is 1. The lowest BCUT2D eigenvalue weighted by atomic mass is 9.91. The minimum atomic E-state index is -2.93. The highest BCUT2D eigenvalue weighted by Gasteiger charge is 2.34. The first-order chi connectivity index (χ1) is 10.0. The number of rotatable bonds is 5. The molecule has 2 unspecified atom stereocenters. The Bertz CT molecular complexity index is 649. The summed E-state index contributed by atoms with van der Waals surface area (Å²) in [6.07, 6.45) is 0.661. The first kappa shape index (κ1) is 15.8. The molecule has 0 spiro atoms. The number of hydrogen-bond acceptors (Lipinski definition) is 5. The van der Waals surface area contributed by atoms with Gasteiger partial charge in [0.05, 0.1) is 24.2 Å². The summed E-state index contributed by atoms with van der Waals surface area (Å²) in [5.74, 6) is 1.05. The molecule has 1 aromatic rings. The second kappa shape index (κ2) is 6.46. The Morgan fingerprint density at radius 3 is 2.81 bits per heavy atom. The van der Waals surface area contributed by atoms with Crippen LogP contribution < -0.4 is 10.1 Å². The van der Waals surface area contributed by atoms with Crippen LogP contribution in [0.4, 0.5) is 0 Å². The highest BCUT2D eigenvalue weighted by Crippen LogP contribution is 2.33. The minimum absolute atomic E-state index is 0.0507. The van der Waals surface area contributed by atoms with Gasteiger partial charge < -0.3 is 10.1 Å². The van der Waals surface area contributed by atoms with Gasteiger partial charge >= 0.3 is 0 Å². The van der Waals surface area contributed by atoms with Crippen molar-refractivity contribution in [3.05, 3.63) is 29.3 Å². The quantitative estimate of drug-likeness (QED) is 0.895. The van der Waals surface area contributed by atoms with Gasteiger partial charge in [-0.25, -0.2) is 8.42 Å². The average molecular weight is 308 g/mol. The van der Waals surface area contributed by atoms with Crippen LogP contribution in [0.1, 0.15) is 30.5 Å². The monoisotopic (exact) mass is 308 g/mol. The van der Waals surface area contributed by atoms with Crippen molar-refractivity contribution < 1.29 is 13.2 Å². The molecule has 114 valence electrons. The largest absolute Gasteiger partial charge is 0.495 e. The summed E-state index contributed by atoms with van der Waals surface area (Å²) in [5.41, 5.74) is 1.41. The van der Waals surface area contributed by atoms with Crippen molar-refractivity contribution in [3.8, 4) is 11.8 Å². The highest BCUT2D eigenvalue weighted by atomic mass is 32.2. The van der Waals surface area contributed by atoms with Crippen LogP contribution in [0.2, 0.25) is 0 Å². The lowest BCUT2D eigenvalue weighted by Crippen LogP contribution is -2.29. The van der Waals surface area contributed by atoms with Crippen LogP contribution in [0.5, 0.6) is 5.75 Å². The van der Waals surface area contributed by atoms with Gasteiger partial charge in [-0.05, 0) is 36.6 Å². The molecule has 0 bridgehead atoms. The van der Waals surface area contributed by atoms with Gasteiger partial charge in [-0.15, -0.1) is 0 Å². The summed E-state index contributed by atoms with van der Waals surface area (Å²) in [5, 5.41) is 12.5. The zero-order valence-corrected chi connectivity index (χ0v) is 13.1. The van der Waals surface area contributed by atoms with Gasteiger partial charge in [0, 0.05) is 6.04 Å². The van der Waals surface area contributed by atoms with Crippen molar-refractivity contribution in [2.24, 2.45) is 5.92 Å². The normalized spacial score (nSPS) is 21.7. The molecular weight excluding hydrogens is 288 g/mol. The fourth-order valence-electron chi connectivity index (χ4n) is 2.87. The lowest BCUT2D eigenvalue weighted by Gasteiger charge is -2.24. The summed E-state index contributed by atoms with van der Waals surface area (Å²) < 4.78 is 28.6. The molecule has 6 heteroatoms. The Hall–Kier alpha value is -1.58. The van der Waals surface area contributed by atoms with E-state index in [9.17, 15) is 13.7 Å². The molecule has 1 aromatic carbocycles. The molecule has 2 atom stereocenters. The summed E-state index contributed by atoms with van der Waals surface area (Å²) >= 11 is 0. The van der Waals surface area contributed by atoms with Crippen LogP contribution in [0.15, 0.2) is 18.2 Å². The van der Waals surface area contributed by atoms with Crippen LogP contribution in [0.3, 0.4) is 0 Å². The molecule has 1 saturated heterocycles. The van der Waals surface area contributed by atoms with E-state index in [4.69, 9.17) is 4.74 Å². The van der Waals surface area contributed by atoms with Crippen LogP contribution >= 0.6 is 0 Å². The maximum absolute atomic E-state index is 11.7. The molecular formula is C15H20N2O3S. The Morgan fingerprint density at radius 2 is 2.29 bits per heavy atom. The molecule has 0 aromatic heterocycles. The van der Waals surface area contributed by atoms with Gasteiger partial charge in [-0.3, -0.25) is 0 Å². The van der Waals surface area contributed by atoms with Crippen LogP contribution in [-0.2, 0) is 9.84 Å². The Kier molecular flexibility index (Phi) is 4.86. The summed E-state index contributed by atoms with van der Waals surface area (Å²) in [7, 11) is -1.40. The van der Waals surface area contributed by atoms with Crippen molar-refractivity contribution >= 4 is 9.84 Å². The molecule has 2 rings (SSSR count). The first-order valence-corrected chi connectivity index (χ1v) is 8.84. The van der Waals surface area contributed by atoms with Crippen molar-refractivity contribution in [2.75, 3.05) is 25.2 Å². The Morgan fingerprint density at radius 1 is 1.52 bits per heavy atom. The smallest absolute Gasteiger partial charge is 0.150 e. The Balaban J connectivity index is 2.33. The van der Waals surface area contributed by atoms with Crippen LogP contribution in [-0.4, -0.2) is 33.6 Å². The second-order valence-corrected chi connectivity index (χ2v) is 7.50. The zero-order valence-electron chi connectivity index (χ0n) is 12.3. The highest BCUT2D eigenvalue weighted by molar-refractivity contribution is 7.91. The minimum Gasteiger partial charge on any atom is -0.495 e. The average Bonchev–Trinajstić information content (AvgIpc) is 2.84. The van der Waals surface area contributed by atoms with E-state index in [1.165, 1.54) is 7.11 Å². The topological polar surface area (TPSA) is 79.2 Å². The van der Waals surface area contributed by atoms with Gasteiger partial charge in [0.1, 0.15) is 11.8 Å². The third kappa shape index (κ3) is 3.55. The number of sulfone groups is 1. The van der Waals surface area contributed by atoms with Crippen molar-refractivity contribution in [1.82, 2.24) is 5.32 Å². The molecule has 0 amide bonds. The van der Waals surface area contributed by atoms with Gasteiger partial charge in [0.15, 0.2) is 9.84 Å². The predicted octanol–water partition coefficient (Wildman–Crippen LogP) is 1.65. The van der Waals surface area contributed by atoms with Crippen molar-refractivity contribution in [1.29, 1.82) is 5.26 Å². The van der Waals surface area contributed by atoms with Crippen LogP contribution in [0.25, 0.3) is 0 Å². The van der Waals surface area contributed by atoms with Gasteiger partial charge in [-0.1, -0.05) is 13.0 Å². The molecule has 0 radical (unpaired) electrons. The maximum atomic E-state index is 11.7. The molecule has 0 aliphatic carbocycles. The molecule has 0 saturated carbocycles. The predicted molar refractivity (Wildman–Crippen MR) is 80.9 cm³/mol. The number of methoxy groups -OCH3 is 1. The number of nitrogens with zero attached hydrogens (tertiary/aromatic N) is 1. The number of nitriles is 1. The maximum Gasteiger partial charge on any atom is 0.150 e. The number of hydrogen-bond donors (Lipinski definition) is 1. The molecule has 21 heavy (non-hydrogen) atoms. The second-order valence-electron chi connectivity index (χ2n) is 5.27. The van der Waals surface area contributed by atoms with E-state index >= 15 is 0 Å². The van der Waals surface area contributed by atoms with E-state index < -0.39 is 9.84 Å². The van der Waals surface area contributed by atoms with Gasteiger partial charge in [0.2, 0.25) is 0 Å². The molecule has 5 nitrogen and oxygen atoms in total. The molecule has 1 N–H and O–H groups in total. The van der Waals surface area contributed by atoms with Crippen LogP contribution in [0, 0.1) is 17.2 Å². The molecule has 1 aliphatic heterocycles. The summed E-state index contributed by atoms with van der Waals surface area (Å²) in [6, 6.07) is 7.52. The SMILES string of the molecule is CCNC(c1ccc(OC)c(C#N)c1)C1CCS(=O)(=O)C1. The zero-order chi connectivity index (χ0) is 15.5. The standard InChI is InChI=1S/C15H20N2O3S/c1-3-17-15(12-6-7-21(18,19)10-12)11-4-5-14(20-2)13(8-11)9-16/h4-5,8,12,15,17H,3,6-7,10H2,1-2H3. The summed E-state index contributed by atoms with van der Waals surface area (Å²) in [6.45, 7) is 2.74. The summed E-state index contributed by atoms with van der Waals surface area (Å²) in [4.78, 5) is 0. The fraction of sp³-hybridized carbons (Fsp3) is 0.533.